The second-order valence-electron chi connectivity index (χ2n) is 6.52. The molecule has 5 nitrogen and oxygen atoms in total. The first kappa shape index (κ1) is 21.0. The Bertz CT molecular complexity index is 361. The van der Waals surface area contributed by atoms with Crippen LogP contribution in [0.3, 0.4) is 0 Å². The highest BCUT2D eigenvalue weighted by atomic mass is 32.2. The molecule has 1 aliphatic rings. The SMILES string of the molecule is CO[Si](CCCSCC(C)C(=O)OC1(C(C)C)CC1)(OC)OC. The minimum atomic E-state index is -2.46. The molecule has 0 aromatic carbocycles. The molecular formula is C16H32O5SSi. The lowest BCUT2D eigenvalue weighted by atomic mass is 10.1. The highest BCUT2D eigenvalue weighted by Crippen LogP contribution is 2.46. The minimum absolute atomic E-state index is 0.0573. The summed E-state index contributed by atoms with van der Waals surface area (Å²) < 4.78 is 21.9. The maximum atomic E-state index is 12.2. The van der Waals surface area contributed by atoms with Crippen LogP contribution in [0.5, 0.6) is 0 Å². The molecule has 0 N–H and O–H groups in total. The highest BCUT2D eigenvalue weighted by molar-refractivity contribution is 7.99. The monoisotopic (exact) mass is 364 g/mol. The van der Waals surface area contributed by atoms with Gasteiger partial charge in [0.2, 0.25) is 0 Å². The Morgan fingerprint density at radius 1 is 1.13 bits per heavy atom. The summed E-state index contributed by atoms with van der Waals surface area (Å²) in [6, 6.07) is 0.790. The van der Waals surface area contributed by atoms with Crippen LogP contribution >= 0.6 is 11.8 Å². The normalized spacial score (nSPS) is 18.0. The molecule has 0 aliphatic heterocycles. The molecule has 1 saturated carbocycles. The molecule has 1 aliphatic carbocycles. The first-order valence-electron chi connectivity index (χ1n) is 8.31. The smallest absolute Gasteiger partial charge is 0.459 e. The van der Waals surface area contributed by atoms with Crippen LogP contribution in [0, 0.1) is 11.8 Å². The molecule has 0 aromatic rings. The van der Waals surface area contributed by atoms with Gasteiger partial charge in [0.25, 0.3) is 0 Å². The van der Waals surface area contributed by atoms with Gasteiger partial charge >= 0.3 is 14.8 Å². The molecule has 1 rings (SSSR count). The Morgan fingerprint density at radius 3 is 2.13 bits per heavy atom. The number of rotatable bonds is 12. The first-order chi connectivity index (χ1) is 10.8. The van der Waals surface area contributed by atoms with Gasteiger partial charge in [0.15, 0.2) is 0 Å². The van der Waals surface area contributed by atoms with E-state index in [0.717, 1.165) is 36.8 Å². The van der Waals surface area contributed by atoms with Crippen LogP contribution in [0.25, 0.3) is 0 Å². The van der Waals surface area contributed by atoms with Gasteiger partial charge < -0.3 is 18.0 Å². The van der Waals surface area contributed by atoms with E-state index in [1.807, 2.05) is 6.92 Å². The third kappa shape index (κ3) is 6.05. The van der Waals surface area contributed by atoms with Gasteiger partial charge in [-0.15, -0.1) is 0 Å². The van der Waals surface area contributed by atoms with Gasteiger partial charge in [0, 0.05) is 33.1 Å². The Hall–Kier alpha value is -0.0831. The predicted molar refractivity (Wildman–Crippen MR) is 95.6 cm³/mol. The van der Waals surface area contributed by atoms with Crippen molar-refractivity contribution >= 4 is 26.5 Å². The van der Waals surface area contributed by atoms with E-state index < -0.39 is 8.80 Å². The number of hydrogen-bond acceptors (Lipinski definition) is 6. The van der Waals surface area contributed by atoms with E-state index in [1.165, 1.54) is 0 Å². The van der Waals surface area contributed by atoms with Crippen LogP contribution < -0.4 is 0 Å². The van der Waals surface area contributed by atoms with Crippen LogP contribution in [-0.2, 0) is 22.8 Å². The van der Waals surface area contributed by atoms with Gasteiger partial charge in [-0.25, -0.2) is 0 Å². The number of carbonyl (C=O) groups is 1. The minimum Gasteiger partial charge on any atom is -0.459 e. The Labute approximate surface area is 146 Å². The second kappa shape index (κ2) is 9.41. The van der Waals surface area contributed by atoms with Crippen molar-refractivity contribution in [3.8, 4) is 0 Å². The zero-order chi connectivity index (χ0) is 17.5. The quantitative estimate of drug-likeness (QED) is 0.301. The fourth-order valence-electron chi connectivity index (χ4n) is 2.50. The first-order valence-corrected chi connectivity index (χ1v) is 11.4. The number of hydrogen-bond donors (Lipinski definition) is 0. The number of esters is 1. The molecule has 0 heterocycles. The summed E-state index contributed by atoms with van der Waals surface area (Å²) >= 11 is 1.77. The lowest BCUT2D eigenvalue weighted by molar-refractivity contribution is -0.157. The van der Waals surface area contributed by atoms with Crippen molar-refractivity contribution in [2.45, 2.75) is 51.7 Å². The Morgan fingerprint density at radius 2 is 1.70 bits per heavy atom. The summed E-state index contributed by atoms with van der Waals surface area (Å²) in [7, 11) is 2.44. The van der Waals surface area contributed by atoms with Crippen LogP contribution in [-0.4, -0.2) is 53.2 Å². The Balaban J connectivity index is 2.21. The molecule has 0 saturated heterocycles. The molecule has 0 spiro atoms. The van der Waals surface area contributed by atoms with Crippen molar-refractivity contribution in [3.05, 3.63) is 0 Å². The van der Waals surface area contributed by atoms with Gasteiger partial charge in [0.1, 0.15) is 5.60 Å². The summed E-state index contributed by atoms with van der Waals surface area (Å²) in [5.74, 6) is 2.02. The van der Waals surface area contributed by atoms with Gasteiger partial charge in [-0.1, -0.05) is 20.8 Å². The van der Waals surface area contributed by atoms with Gasteiger partial charge in [-0.3, -0.25) is 4.79 Å². The molecule has 0 bridgehead atoms. The number of thioether (sulfide) groups is 1. The number of ether oxygens (including phenoxy) is 1. The van der Waals surface area contributed by atoms with Gasteiger partial charge in [0.05, 0.1) is 5.92 Å². The zero-order valence-electron chi connectivity index (χ0n) is 15.3. The third-order valence-corrected chi connectivity index (χ3v) is 8.72. The van der Waals surface area contributed by atoms with Crippen molar-refractivity contribution < 1.29 is 22.8 Å². The van der Waals surface area contributed by atoms with Crippen molar-refractivity contribution in [1.82, 2.24) is 0 Å². The summed E-state index contributed by atoms with van der Waals surface area (Å²) in [5, 5.41) is 0. The maximum absolute atomic E-state index is 12.2. The topological polar surface area (TPSA) is 54.0 Å². The summed E-state index contributed by atoms with van der Waals surface area (Å²) in [4.78, 5) is 12.2. The molecule has 0 radical (unpaired) electrons. The average molecular weight is 365 g/mol. The van der Waals surface area contributed by atoms with E-state index in [2.05, 4.69) is 13.8 Å². The van der Waals surface area contributed by atoms with Crippen LogP contribution in [0.4, 0.5) is 0 Å². The molecule has 1 atom stereocenters. The average Bonchev–Trinajstić information content (AvgIpc) is 3.32. The van der Waals surface area contributed by atoms with Crippen molar-refractivity contribution in [3.63, 3.8) is 0 Å². The van der Waals surface area contributed by atoms with E-state index in [-0.39, 0.29) is 17.5 Å². The maximum Gasteiger partial charge on any atom is 0.500 e. The van der Waals surface area contributed by atoms with Crippen LogP contribution in [0.2, 0.25) is 6.04 Å². The fraction of sp³-hybridized carbons (Fsp3) is 0.938. The number of carbonyl (C=O) groups excluding carboxylic acids is 1. The van der Waals surface area contributed by atoms with E-state index >= 15 is 0 Å². The largest absolute Gasteiger partial charge is 0.500 e. The zero-order valence-corrected chi connectivity index (χ0v) is 17.2. The Kier molecular flexibility index (Phi) is 8.58. The molecule has 1 unspecified atom stereocenters. The molecule has 7 heteroatoms. The van der Waals surface area contributed by atoms with Crippen LogP contribution in [0.1, 0.15) is 40.0 Å². The van der Waals surface area contributed by atoms with E-state index in [9.17, 15) is 4.79 Å². The molecule has 0 aromatic heterocycles. The second-order valence-corrected chi connectivity index (χ2v) is 10.8. The molecular weight excluding hydrogens is 332 g/mol. The van der Waals surface area contributed by atoms with Crippen LogP contribution in [0.15, 0.2) is 0 Å². The standard InChI is InChI=1S/C16H32O5SSi/c1-13(2)16(8-9-16)21-15(17)14(3)12-22-10-7-11-23(18-4,19-5)20-6/h13-14H,7-12H2,1-6H3. The summed E-state index contributed by atoms with van der Waals surface area (Å²) in [6.07, 6.45) is 2.96. The van der Waals surface area contributed by atoms with Gasteiger partial charge in [-0.05, 0) is 30.9 Å². The van der Waals surface area contributed by atoms with E-state index in [0.29, 0.717) is 5.92 Å². The summed E-state index contributed by atoms with van der Waals surface area (Å²) in [5.41, 5.74) is -0.170. The molecule has 136 valence electrons. The lowest BCUT2D eigenvalue weighted by Gasteiger charge is -2.24. The van der Waals surface area contributed by atoms with Crippen molar-refractivity contribution in [2.24, 2.45) is 11.8 Å². The van der Waals surface area contributed by atoms with E-state index in [1.54, 1.807) is 33.1 Å². The molecule has 0 amide bonds. The van der Waals surface area contributed by atoms with Crippen molar-refractivity contribution in [1.29, 1.82) is 0 Å². The lowest BCUT2D eigenvalue weighted by Crippen LogP contribution is -2.42. The molecule has 1 fully saturated rings. The van der Waals surface area contributed by atoms with E-state index in [4.69, 9.17) is 18.0 Å². The van der Waals surface area contributed by atoms with Gasteiger partial charge in [-0.2, -0.15) is 11.8 Å². The molecule has 23 heavy (non-hydrogen) atoms. The third-order valence-electron chi connectivity index (χ3n) is 4.57. The predicted octanol–water partition coefficient (Wildman–Crippen LogP) is 3.36. The fourth-order valence-corrected chi connectivity index (χ4v) is 5.48. The summed E-state index contributed by atoms with van der Waals surface area (Å²) in [6.45, 7) is 6.19. The highest BCUT2D eigenvalue weighted by Gasteiger charge is 2.49. The van der Waals surface area contributed by atoms with Crippen molar-refractivity contribution in [2.75, 3.05) is 32.8 Å².